The molecular weight excluding hydrogens is 360 g/mol. The van der Waals surface area contributed by atoms with Crippen molar-refractivity contribution in [3.05, 3.63) is 58.1 Å². The first kappa shape index (κ1) is 17.7. The molecule has 2 heterocycles. The molecule has 1 aromatic heterocycles. The summed E-state index contributed by atoms with van der Waals surface area (Å²) in [5.74, 6) is 1.60. The zero-order valence-corrected chi connectivity index (χ0v) is 16.3. The summed E-state index contributed by atoms with van der Waals surface area (Å²) in [6.45, 7) is 3.30. The van der Waals surface area contributed by atoms with Gasteiger partial charge >= 0.3 is 0 Å². The molecule has 5 nitrogen and oxygen atoms in total. The Kier molecular flexibility index (Phi) is 4.90. The van der Waals surface area contributed by atoms with Gasteiger partial charge in [-0.1, -0.05) is 12.1 Å². The third-order valence-corrected chi connectivity index (χ3v) is 5.96. The van der Waals surface area contributed by atoms with Crippen LogP contribution in [-0.2, 0) is 0 Å². The first-order valence-electron chi connectivity index (χ1n) is 8.93. The normalized spacial score (nSPS) is 14.4. The SMILES string of the molecule is COc1ccc2scc(N3CCN(c4ccccc4OC)CC3)c(=O)c2c1. The molecule has 0 saturated carbocycles. The summed E-state index contributed by atoms with van der Waals surface area (Å²) in [7, 11) is 3.32. The van der Waals surface area contributed by atoms with E-state index in [2.05, 4.69) is 15.9 Å². The Morgan fingerprint density at radius 3 is 2.30 bits per heavy atom. The molecule has 140 valence electrons. The molecule has 2 aromatic carbocycles. The number of para-hydroxylation sites is 2. The Morgan fingerprint density at radius 1 is 0.889 bits per heavy atom. The fraction of sp³-hybridized carbons (Fsp3) is 0.286. The molecule has 1 fully saturated rings. The summed E-state index contributed by atoms with van der Waals surface area (Å²) in [6, 6.07) is 13.7. The fourth-order valence-electron chi connectivity index (χ4n) is 3.52. The number of benzene rings is 2. The molecule has 0 atom stereocenters. The van der Waals surface area contributed by atoms with E-state index < -0.39 is 0 Å². The fourth-order valence-corrected chi connectivity index (χ4v) is 4.44. The quantitative estimate of drug-likeness (QED) is 0.690. The van der Waals surface area contributed by atoms with Gasteiger partial charge in [-0.3, -0.25) is 4.79 Å². The van der Waals surface area contributed by atoms with E-state index in [9.17, 15) is 4.79 Å². The maximum absolute atomic E-state index is 13.0. The molecule has 6 heteroatoms. The minimum absolute atomic E-state index is 0.0772. The standard InChI is InChI=1S/C21H22N2O3S/c1-25-15-7-8-20-16(13-15)21(24)18(14-27-20)23-11-9-22(10-12-23)17-5-3-4-6-19(17)26-2/h3-8,13-14H,9-12H2,1-2H3. The number of hydrogen-bond acceptors (Lipinski definition) is 6. The molecule has 1 saturated heterocycles. The lowest BCUT2D eigenvalue weighted by Crippen LogP contribution is -2.47. The van der Waals surface area contributed by atoms with Crippen LogP contribution in [0.3, 0.4) is 0 Å². The molecule has 0 amide bonds. The molecule has 27 heavy (non-hydrogen) atoms. The Morgan fingerprint density at radius 2 is 1.59 bits per heavy atom. The molecule has 0 radical (unpaired) electrons. The van der Waals surface area contributed by atoms with Gasteiger partial charge in [-0.05, 0) is 30.3 Å². The lowest BCUT2D eigenvalue weighted by molar-refractivity contribution is 0.413. The number of piperazine rings is 1. The molecule has 4 rings (SSSR count). The number of ether oxygens (including phenoxy) is 2. The van der Waals surface area contributed by atoms with Crippen LogP contribution >= 0.6 is 11.3 Å². The number of methoxy groups -OCH3 is 2. The average molecular weight is 382 g/mol. The highest BCUT2D eigenvalue weighted by Crippen LogP contribution is 2.30. The van der Waals surface area contributed by atoms with E-state index in [4.69, 9.17) is 9.47 Å². The van der Waals surface area contributed by atoms with Crippen LogP contribution in [0.1, 0.15) is 0 Å². The van der Waals surface area contributed by atoms with Crippen LogP contribution in [0.15, 0.2) is 52.6 Å². The van der Waals surface area contributed by atoms with Crippen LogP contribution in [0.4, 0.5) is 11.4 Å². The monoisotopic (exact) mass is 382 g/mol. The van der Waals surface area contributed by atoms with Crippen LogP contribution < -0.4 is 24.7 Å². The second-order valence-electron chi connectivity index (χ2n) is 6.46. The van der Waals surface area contributed by atoms with Crippen LogP contribution in [0.2, 0.25) is 0 Å². The van der Waals surface area contributed by atoms with Crippen LogP contribution in [0.5, 0.6) is 11.5 Å². The first-order valence-corrected chi connectivity index (χ1v) is 9.81. The number of nitrogens with zero attached hydrogens (tertiary/aromatic N) is 2. The largest absolute Gasteiger partial charge is 0.497 e. The molecular formula is C21H22N2O3S. The van der Waals surface area contributed by atoms with Crippen molar-refractivity contribution in [3.8, 4) is 11.5 Å². The number of anilines is 2. The highest BCUT2D eigenvalue weighted by Gasteiger charge is 2.22. The number of hydrogen-bond donors (Lipinski definition) is 0. The van der Waals surface area contributed by atoms with Crippen molar-refractivity contribution >= 4 is 32.8 Å². The van der Waals surface area contributed by atoms with E-state index in [1.807, 2.05) is 41.8 Å². The van der Waals surface area contributed by atoms with Crippen molar-refractivity contribution in [1.29, 1.82) is 0 Å². The zero-order valence-electron chi connectivity index (χ0n) is 15.5. The second-order valence-corrected chi connectivity index (χ2v) is 7.37. The van der Waals surface area contributed by atoms with Gasteiger partial charge in [-0.15, -0.1) is 11.3 Å². The van der Waals surface area contributed by atoms with Gasteiger partial charge in [0.2, 0.25) is 5.43 Å². The van der Waals surface area contributed by atoms with E-state index in [1.165, 1.54) is 0 Å². The highest BCUT2D eigenvalue weighted by atomic mass is 32.1. The summed E-state index contributed by atoms with van der Waals surface area (Å²) in [6.07, 6.45) is 0. The molecule has 3 aromatic rings. The smallest absolute Gasteiger partial charge is 0.211 e. The predicted octanol–water partition coefficient (Wildman–Crippen LogP) is 3.61. The van der Waals surface area contributed by atoms with Crippen molar-refractivity contribution in [2.24, 2.45) is 0 Å². The molecule has 0 bridgehead atoms. The topological polar surface area (TPSA) is 42.0 Å². The highest BCUT2D eigenvalue weighted by molar-refractivity contribution is 7.16. The number of rotatable bonds is 4. The van der Waals surface area contributed by atoms with Gasteiger partial charge in [0.15, 0.2) is 0 Å². The molecule has 0 aliphatic carbocycles. The van der Waals surface area contributed by atoms with Crippen LogP contribution in [0, 0.1) is 0 Å². The van der Waals surface area contributed by atoms with Crippen molar-refractivity contribution in [1.82, 2.24) is 0 Å². The van der Waals surface area contributed by atoms with E-state index in [0.717, 1.165) is 53.4 Å². The maximum Gasteiger partial charge on any atom is 0.211 e. The van der Waals surface area contributed by atoms with Gasteiger partial charge < -0.3 is 19.3 Å². The summed E-state index contributed by atoms with van der Waals surface area (Å²) in [5, 5.41) is 2.71. The third kappa shape index (κ3) is 3.32. The van der Waals surface area contributed by atoms with E-state index >= 15 is 0 Å². The van der Waals surface area contributed by atoms with E-state index in [1.54, 1.807) is 25.6 Å². The van der Waals surface area contributed by atoms with Crippen molar-refractivity contribution < 1.29 is 9.47 Å². The first-order chi connectivity index (χ1) is 13.2. The molecule has 1 aliphatic rings. The lowest BCUT2D eigenvalue weighted by atomic mass is 10.2. The van der Waals surface area contributed by atoms with Gasteiger partial charge in [0.25, 0.3) is 0 Å². The Hall–Kier alpha value is -2.73. The minimum Gasteiger partial charge on any atom is -0.497 e. The summed E-state index contributed by atoms with van der Waals surface area (Å²) >= 11 is 1.60. The van der Waals surface area contributed by atoms with Crippen molar-refractivity contribution in [3.63, 3.8) is 0 Å². The summed E-state index contributed by atoms with van der Waals surface area (Å²) in [5.41, 5.74) is 1.96. The molecule has 0 N–H and O–H groups in total. The lowest BCUT2D eigenvalue weighted by Gasteiger charge is -2.37. The van der Waals surface area contributed by atoms with Crippen LogP contribution in [0.25, 0.3) is 10.1 Å². The van der Waals surface area contributed by atoms with E-state index in [0.29, 0.717) is 5.75 Å². The van der Waals surface area contributed by atoms with Gasteiger partial charge in [0, 0.05) is 41.6 Å². The Bertz CT molecular complexity index is 1010. The third-order valence-electron chi connectivity index (χ3n) is 5.01. The van der Waals surface area contributed by atoms with Crippen LogP contribution in [-0.4, -0.2) is 40.4 Å². The second kappa shape index (κ2) is 7.48. The maximum atomic E-state index is 13.0. The van der Waals surface area contributed by atoms with Gasteiger partial charge in [-0.2, -0.15) is 0 Å². The van der Waals surface area contributed by atoms with Crippen molar-refractivity contribution in [2.45, 2.75) is 0 Å². The predicted molar refractivity (Wildman–Crippen MR) is 112 cm³/mol. The van der Waals surface area contributed by atoms with Crippen molar-refractivity contribution in [2.75, 3.05) is 50.2 Å². The average Bonchev–Trinajstić information content (AvgIpc) is 2.74. The number of fused-ring (bicyclic) bond motifs is 1. The van der Waals surface area contributed by atoms with Gasteiger partial charge in [0.1, 0.15) is 11.5 Å². The van der Waals surface area contributed by atoms with E-state index in [-0.39, 0.29) is 5.43 Å². The molecule has 0 unspecified atom stereocenters. The summed E-state index contributed by atoms with van der Waals surface area (Å²) < 4.78 is 11.7. The zero-order chi connectivity index (χ0) is 18.8. The van der Waals surface area contributed by atoms with Gasteiger partial charge in [0.05, 0.1) is 25.6 Å². The molecule has 0 spiro atoms. The minimum atomic E-state index is 0.0772. The Labute approximate surface area is 162 Å². The summed E-state index contributed by atoms with van der Waals surface area (Å²) in [4.78, 5) is 17.5. The van der Waals surface area contributed by atoms with Gasteiger partial charge in [-0.25, -0.2) is 0 Å². The Balaban J connectivity index is 1.58. The molecule has 1 aliphatic heterocycles.